The van der Waals surface area contributed by atoms with Crippen molar-refractivity contribution < 1.29 is 13.2 Å². The molecule has 0 saturated carbocycles. The molecule has 2 aliphatic rings. The molecule has 6 heteroatoms. The van der Waals surface area contributed by atoms with Crippen molar-refractivity contribution in [2.24, 2.45) is 5.41 Å². The van der Waals surface area contributed by atoms with E-state index >= 15 is 0 Å². The third kappa shape index (κ3) is 3.62. The molecule has 160 valence electrons. The molecule has 0 spiro atoms. The standard InChI is InChI=1S/C24H30N2O3S/c1-17(27)25-13-11-18-9-10-20(15-19(18)12-14-25)30(28,29)26-16-22(24(2,3)4)21-7-5-6-8-23(21)26/h5-10,15,22H,11-14,16H2,1-4H3. The average molecular weight is 427 g/mol. The summed E-state index contributed by atoms with van der Waals surface area (Å²) in [5.74, 6) is 0.214. The van der Waals surface area contributed by atoms with E-state index in [-0.39, 0.29) is 17.2 Å². The monoisotopic (exact) mass is 426 g/mol. The number of anilines is 1. The fraction of sp³-hybridized carbons (Fsp3) is 0.458. The van der Waals surface area contributed by atoms with Crippen LogP contribution in [0.1, 0.15) is 50.3 Å². The van der Waals surface area contributed by atoms with Crippen molar-refractivity contribution in [2.75, 3.05) is 23.9 Å². The molecule has 0 bridgehead atoms. The van der Waals surface area contributed by atoms with E-state index in [4.69, 9.17) is 0 Å². The van der Waals surface area contributed by atoms with Crippen LogP contribution in [0.4, 0.5) is 5.69 Å². The molecule has 0 N–H and O–H groups in total. The van der Waals surface area contributed by atoms with E-state index in [0.717, 1.165) is 28.8 Å². The number of hydrogen-bond acceptors (Lipinski definition) is 3. The second-order valence-corrected chi connectivity index (χ2v) is 11.3. The summed E-state index contributed by atoms with van der Waals surface area (Å²) in [4.78, 5) is 13.9. The molecule has 0 aliphatic carbocycles. The summed E-state index contributed by atoms with van der Waals surface area (Å²) >= 11 is 0. The van der Waals surface area contributed by atoms with Crippen molar-refractivity contribution in [1.29, 1.82) is 0 Å². The highest BCUT2D eigenvalue weighted by molar-refractivity contribution is 7.92. The van der Waals surface area contributed by atoms with Gasteiger partial charge in [-0.25, -0.2) is 8.42 Å². The lowest BCUT2D eigenvalue weighted by molar-refractivity contribution is -0.128. The Morgan fingerprint density at radius 1 is 1.00 bits per heavy atom. The number of nitrogens with zero attached hydrogens (tertiary/aromatic N) is 2. The van der Waals surface area contributed by atoms with E-state index in [1.54, 1.807) is 17.3 Å². The van der Waals surface area contributed by atoms with Crippen LogP contribution in [0.25, 0.3) is 0 Å². The minimum absolute atomic E-state index is 0.0374. The van der Waals surface area contributed by atoms with Gasteiger partial charge in [0.15, 0.2) is 0 Å². The summed E-state index contributed by atoms with van der Waals surface area (Å²) in [5.41, 5.74) is 4.01. The van der Waals surface area contributed by atoms with Gasteiger partial charge in [-0.15, -0.1) is 0 Å². The maximum atomic E-state index is 13.7. The van der Waals surface area contributed by atoms with Crippen LogP contribution in [0.15, 0.2) is 47.4 Å². The van der Waals surface area contributed by atoms with Gasteiger partial charge in [-0.2, -0.15) is 0 Å². The highest BCUT2D eigenvalue weighted by atomic mass is 32.2. The number of hydrogen-bond donors (Lipinski definition) is 0. The van der Waals surface area contributed by atoms with Gasteiger partial charge < -0.3 is 4.90 Å². The third-order valence-corrected chi connectivity index (χ3v) is 8.26. The largest absolute Gasteiger partial charge is 0.342 e. The highest BCUT2D eigenvalue weighted by Crippen LogP contribution is 2.47. The fourth-order valence-corrected chi connectivity index (χ4v) is 6.20. The summed E-state index contributed by atoms with van der Waals surface area (Å²) in [6.45, 7) is 9.84. The molecule has 0 radical (unpaired) electrons. The predicted molar refractivity (Wildman–Crippen MR) is 119 cm³/mol. The number of amides is 1. The second-order valence-electron chi connectivity index (χ2n) is 9.45. The van der Waals surface area contributed by atoms with Crippen molar-refractivity contribution in [3.8, 4) is 0 Å². The maximum Gasteiger partial charge on any atom is 0.264 e. The zero-order chi connectivity index (χ0) is 21.7. The molecule has 0 saturated heterocycles. The first kappa shape index (κ1) is 20.9. The first-order valence-electron chi connectivity index (χ1n) is 10.6. The van der Waals surface area contributed by atoms with Crippen molar-refractivity contribution in [2.45, 2.75) is 51.3 Å². The number of fused-ring (bicyclic) bond motifs is 2. The number of para-hydroxylation sites is 1. The Balaban J connectivity index is 1.70. The van der Waals surface area contributed by atoms with Gasteiger partial charge in [-0.1, -0.05) is 45.0 Å². The zero-order valence-corrected chi connectivity index (χ0v) is 19.0. The van der Waals surface area contributed by atoms with Crippen LogP contribution < -0.4 is 4.31 Å². The van der Waals surface area contributed by atoms with Gasteiger partial charge in [-0.3, -0.25) is 9.10 Å². The van der Waals surface area contributed by atoms with Crippen LogP contribution in [0.3, 0.4) is 0 Å². The van der Waals surface area contributed by atoms with Crippen LogP contribution in [0.2, 0.25) is 0 Å². The van der Waals surface area contributed by atoms with Crippen LogP contribution in [0.5, 0.6) is 0 Å². The quantitative estimate of drug-likeness (QED) is 0.730. The predicted octanol–water partition coefficient (Wildman–Crippen LogP) is 3.97. The minimum atomic E-state index is -3.67. The van der Waals surface area contributed by atoms with Gasteiger partial charge in [0.2, 0.25) is 5.91 Å². The van der Waals surface area contributed by atoms with Gasteiger partial charge in [0.05, 0.1) is 10.6 Å². The number of carbonyl (C=O) groups excluding carboxylic acids is 1. The Morgan fingerprint density at radius 2 is 1.67 bits per heavy atom. The van der Waals surface area contributed by atoms with E-state index in [1.165, 1.54) is 0 Å². The molecule has 2 aromatic carbocycles. The summed E-state index contributed by atoms with van der Waals surface area (Å²) in [7, 11) is -3.67. The van der Waals surface area contributed by atoms with Gasteiger partial charge in [0.25, 0.3) is 10.0 Å². The number of rotatable bonds is 2. The summed E-state index contributed by atoms with van der Waals surface area (Å²) in [5, 5.41) is 0. The number of benzene rings is 2. The lowest BCUT2D eigenvalue weighted by Crippen LogP contribution is -2.32. The number of carbonyl (C=O) groups is 1. The van der Waals surface area contributed by atoms with Gasteiger partial charge in [-0.05, 0) is 53.1 Å². The Bertz CT molecular complexity index is 1090. The highest BCUT2D eigenvalue weighted by Gasteiger charge is 2.41. The molecule has 4 rings (SSSR count). The van der Waals surface area contributed by atoms with E-state index in [0.29, 0.717) is 31.0 Å². The lowest BCUT2D eigenvalue weighted by atomic mass is 9.78. The Morgan fingerprint density at radius 3 is 2.33 bits per heavy atom. The molecule has 1 atom stereocenters. The summed E-state index contributed by atoms with van der Waals surface area (Å²) < 4.78 is 28.9. The molecule has 5 nitrogen and oxygen atoms in total. The van der Waals surface area contributed by atoms with Crippen LogP contribution in [0, 0.1) is 5.41 Å². The number of sulfonamides is 1. The SMILES string of the molecule is CC(=O)N1CCc2ccc(S(=O)(=O)N3CC(C(C)(C)C)c4ccccc43)cc2CC1. The normalized spacial score (nSPS) is 19.3. The molecule has 0 aromatic heterocycles. The smallest absolute Gasteiger partial charge is 0.264 e. The Labute approximate surface area is 179 Å². The molecular weight excluding hydrogens is 396 g/mol. The zero-order valence-electron chi connectivity index (χ0n) is 18.2. The molecule has 0 fully saturated rings. The van der Waals surface area contributed by atoms with Crippen molar-refractivity contribution in [1.82, 2.24) is 4.90 Å². The Hall–Kier alpha value is -2.34. The van der Waals surface area contributed by atoms with Crippen LogP contribution in [-0.2, 0) is 27.7 Å². The van der Waals surface area contributed by atoms with Crippen molar-refractivity contribution in [3.05, 3.63) is 59.2 Å². The van der Waals surface area contributed by atoms with Gasteiger partial charge >= 0.3 is 0 Å². The van der Waals surface area contributed by atoms with Crippen molar-refractivity contribution in [3.63, 3.8) is 0 Å². The van der Waals surface area contributed by atoms with Crippen LogP contribution >= 0.6 is 0 Å². The van der Waals surface area contributed by atoms with E-state index < -0.39 is 10.0 Å². The van der Waals surface area contributed by atoms with Crippen molar-refractivity contribution >= 4 is 21.6 Å². The second kappa shape index (κ2) is 7.41. The van der Waals surface area contributed by atoms with Gasteiger partial charge in [0, 0.05) is 32.5 Å². The average Bonchev–Trinajstić information content (AvgIpc) is 2.96. The fourth-order valence-electron chi connectivity index (χ4n) is 4.64. The first-order valence-corrected chi connectivity index (χ1v) is 12.0. The summed E-state index contributed by atoms with van der Waals surface area (Å²) in [6.07, 6.45) is 1.44. The minimum Gasteiger partial charge on any atom is -0.342 e. The molecule has 2 heterocycles. The van der Waals surface area contributed by atoms with E-state index in [1.807, 2.05) is 41.3 Å². The molecule has 1 unspecified atom stereocenters. The third-order valence-electron chi connectivity index (χ3n) is 6.49. The van der Waals surface area contributed by atoms with E-state index in [9.17, 15) is 13.2 Å². The summed E-state index contributed by atoms with van der Waals surface area (Å²) in [6, 6.07) is 13.3. The van der Waals surface area contributed by atoms with E-state index in [2.05, 4.69) is 20.8 Å². The van der Waals surface area contributed by atoms with Gasteiger partial charge in [0.1, 0.15) is 0 Å². The molecule has 30 heavy (non-hydrogen) atoms. The maximum absolute atomic E-state index is 13.7. The lowest BCUT2D eigenvalue weighted by Gasteiger charge is -2.28. The molecular formula is C24H30N2O3S. The molecule has 2 aliphatic heterocycles. The molecule has 1 amide bonds. The van der Waals surface area contributed by atoms with Crippen LogP contribution in [-0.4, -0.2) is 38.9 Å². The Kier molecular flexibility index (Phi) is 5.17. The first-order chi connectivity index (χ1) is 14.1. The topological polar surface area (TPSA) is 57.7 Å². The molecule has 2 aromatic rings.